The SMILES string of the molecule is CSCCCNC(=O)c1c(C)noc1-c1cccs1. The highest BCUT2D eigenvalue weighted by Crippen LogP contribution is 2.29. The fraction of sp³-hybridized carbons (Fsp3) is 0.385. The molecule has 0 saturated heterocycles. The van der Waals surface area contributed by atoms with Gasteiger partial charge in [0.15, 0.2) is 5.76 Å². The zero-order chi connectivity index (χ0) is 13.7. The molecule has 19 heavy (non-hydrogen) atoms. The third kappa shape index (κ3) is 3.39. The van der Waals surface area contributed by atoms with Crippen molar-refractivity contribution in [1.82, 2.24) is 10.5 Å². The number of amides is 1. The predicted octanol–water partition coefficient (Wildman–Crippen LogP) is 3.19. The summed E-state index contributed by atoms with van der Waals surface area (Å²) in [4.78, 5) is 13.1. The first-order valence-corrected chi connectivity index (χ1v) is 8.28. The summed E-state index contributed by atoms with van der Waals surface area (Å²) in [6.07, 6.45) is 3.02. The standard InChI is InChI=1S/C13H16N2O2S2/c1-9-11(13(16)14-6-4-7-18-2)12(17-15-9)10-5-3-8-19-10/h3,5,8H,4,6-7H2,1-2H3,(H,14,16). The van der Waals surface area contributed by atoms with Gasteiger partial charge in [-0.25, -0.2) is 0 Å². The third-order valence-electron chi connectivity index (χ3n) is 2.65. The fourth-order valence-corrected chi connectivity index (χ4v) is 2.86. The lowest BCUT2D eigenvalue weighted by Gasteiger charge is -2.04. The van der Waals surface area contributed by atoms with Crippen molar-refractivity contribution in [2.24, 2.45) is 0 Å². The molecule has 2 heterocycles. The van der Waals surface area contributed by atoms with Crippen LogP contribution in [0.2, 0.25) is 0 Å². The van der Waals surface area contributed by atoms with Gasteiger partial charge in [0.1, 0.15) is 5.56 Å². The number of aryl methyl sites for hydroxylation is 1. The van der Waals surface area contributed by atoms with Crippen LogP contribution in [-0.2, 0) is 0 Å². The largest absolute Gasteiger partial charge is 0.354 e. The average Bonchev–Trinajstić information content (AvgIpc) is 3.03. The zero-order valence-corrected chi connectivity index (χ0v) is 12.6. The lowest BCUT2D eigenvalue weighted by molar-refractivity contribution is 0.0953. The molecule has 0 bridgehead atoms. The van der Waals surface area contributed by atoms with E-state index in [4.69, 9.17) is 4.52 Å². The van der Waals surface area contributed by atoms with Gasteiger partial charge < -0.3 is 9.84 Å². The maximum atomic E-state index is 12.2. The van der Waals surface area contributed by atoms with Crippen LogP contribution in [-0.4, -0.2) is 29.6 Å². The topological polar surface area (TPSA) is 55.1 Å². The molecule has 6 heteroatoms. The quantitative estimate of drug-likeness (QED) is 0.832. The molecular weight excluding hydrogens is 280 g/mol. The van der Waals surface area contributed by atoms with Gasteiger partial charge in [-0.05, 0) is 36.8 Å². The Balaban J connectivity index is 2.11. The minimum Gasteiger partial charge on any atom is -0.354 e. The van der Waals surface area contributed by atoms with Crippen molar-refractivity contribution in [3.8, 4) is 10.6 Å². The number of nitrogens with zero attached hydrogens (tertiary/aromatic N) is 1. The van der Waals surface area contributed by atoms with E-state index in [1.54, 1.807) is 18.7 Å². The van der Waals surface area contributed by atoms with Gasteiger partial charge in [-0.2, -0.15) is 11.8 Å². The van der Waals surface area contributed by atoms with Crippen molar-refractivity contribution < 1.29 is 9.32 Å². The van der Waals surface area contributed by atoms with Crippen LogP contribution in [0.1, 0.15) is 22.5 Å². The molecule has 0 aliphatic heterocycles. The summed E-state index contributed by atoms with van der Waals surface area (Å²) in [6.45, 7) is 2.46. The fourth-order valence-electron chi connectivity index (χ4n) is 1.72. The van der Waals surface area contributed by atoms with Crippen LogP contribution in [0.25, 0.3) is 10.6 Å². The van der Waals surface area contributed by atoms with Gasteiger partial charge >= 0.3 is 0 Å². The normalized spacial score (nSPS) is 10.6. The number of carbonyl (C=O) groups is 1. The van der Waals surface area contributed by atoms with Crippen LogP contribution in [0.3, 0.4) is 0 Å². The molecule has 2 rings (SSSR count). The van der Waals surface area contributed by atoms with E-state index in [-0.39, 0.29) is 5.91 Å². The molecule has 102 valence electrons. The van der Waals surface area contributed by atoms with E-state index in [1.807, 2.05) is 17.5 Å². The lowest BCUT2D eigenvalue weighted by Crippen LogP contribution is -2.25. The molecule has 1 amide bonds. The van der Waals surface area contributed by atoms with E-state index in [9.17, 15) is 4.79 Å². The number of hydrogen-bond acceptors (Lipinski definition) is 5. The van der Waals surface area contributed by atoms with Crippen LogP contribution in [0.4, 0.5) is 0 Å². The molecule has 2 aromatic rings. The summed E-state index contributed by atoms with van der Waals surface area (Å²) in [6, 6.07) is 3.85. The molecule has 4 nitrogen and oxygen atoms in total. The molecule has 0 fully saturated rings. The van der Waals surface area contributed by atoms with Crippen molar-refractivity contribution in [1.29, 1.82) is 0 Å². The van der Waals surface area contributed by atoms with Crippen LogP contribution in [0, 0.1) is 6.92 Å². The third-order valence-corrected chi connectivity index (χ3v) is 4.21. The number of hydrogen-bond donors (Lipinski definition) is 1. The molecule has 0 aliphatic carbocycles. The van der Waals surface area contributed by atoms with E-state index in [2.05, 4.69) is 16.7 Å². The van der Waals surface area contributed by atoms with Crippen LogP contribution < -0.4 is 5.32 Å². The summed E-state index contributed by atoms with van der Waals surface area (Å²) >= 11 is 3.31. The van der Waals surface area contributed by atoms with E-state index < -0.39 is 0 Å². The minimum absolute atomic E-state index is 0.108. The molecule has 0 radical (unpaired) electrons. The first-order valence-electron chi connectivity index (χ1n) is 6.01. The first-order chi connectivity index (χ1) is 9.24. The summed E-state index contributed by atoms with van der Waals surface area (Å²) < 4.78 is 5.28. The molecule has 0 aromatic carbocycles. The van der Waals surface area contributed by atoms with E-state index in [0.29, 0.717) is 23.6 Å². The number of rotatable bonds is 6. The minimum atomic E-state index is -0.108. The summed E-state index contributed by atoms with van der Waals surface area (Å²) in [5.74, 6) is 1.50. The second-order valence-corrected chi connectivity index (χ2v) is 5.98. The molecule has 1 N–H and O–H groups in total. The second kappa shape index (κ2) is 6.77. The van der Waals surface area contributed by atoms with E-state index in [0.717, 1.165) is 17.1 Å². The Hall–Kier alpha value is -1.27. The summed E-state index contributed by atoms with van der Waals surface area (Å²) in [5.41, 5.74) is 1.18. The highest BCUT2D eigenvalue weighted by Gasteiger charge is 2.21. The van der Waals surface area contributed by atoms with Crippen molar-refractivity contribution >= 4 is 29.0 Å². The Morgan fingerprint density at radius 1 is 1.58 bits per heavy atom. The van der Waals surface area contributed by atoms with Crippen LogP contribution in [0.15, 0.2) is 22.0 Å². The van der Waals surface area contributed by atoms with Gasteiger partial charge in [-0.15, -0.1) is 11.3 Å². The highest BCUT2D eigenvalue weighted by molar-refractivity contribution is 7.98. The predicted molar refractivity (Wildman–Crippen MR) is 79.9 cm³/mol. The Bertz CT molecular complexity index is 535. The van der Waals surface area contributed by atoms with Crippen molar-refractivity contribution in [3.05, 3.63) is 28.8 Å². The highest BCUT2D eigenvalue weighted by atomic mass is 32.2. The first kappa shape index (κ1) is 14.1. The summed E-state index contributed by atoms with van der Waals surface area (Å²) in [7, 11) is 0. The van der Waals surface area contributed by atoms with Gasteiger partial charge in [-0.3, -0.25) is 4.79 Å². The number of aromatic nitrogens is 1. The average molecular weight is 296 g/mol. The lowest BCUT2D eigenvalue weighted by atomic mass is 10.1. The van der Waals surface area contributed by atoms with E-state index in [1.165, 1.54) is 11.3 Å². The van der Waals surface area contributed by atoms with Gasteiger partial charge in [-0.1, -0.05) is 11.2 Å². The maximum absolute atomic E-state index is 12.2. The second-order valence-electron chi connectivity index (χ2n) is 4.05. The van der Waals surface area contributed by atoms with Gasteiger partial charge in [0.2, 0.25) is 0 Å². The van der Waals surface area contributed by atoms with Gasteiger partial charge in [0.05, 0.1) is 10.6 Å². The molecule has 0 spiro atoms. The van der Waals surface area contributed by atoms with Crippen molar-refractivity contribution in [2.45, 2.75) is 13.3 Å². The Labute approximate surface area is 120 Å². The number of thioether (sulfide) groups is 1. The maximum Gasteiger partial charge on any atom is 0.257 e. The summed E-state index contributed by atoms with van der Waals surface area (Å²) in [5, 5.41) is 8.77. The van der Waals surface area contributed by atoms with Crippen LogP contribution in [0.5, 0.6) is 0 Å². The molecular formula is C13H16N2O2S2. The number of carbonyl (C=O) groups excluding carboxylic acids is 1. The Kier molecular flexibility index (Phi) is 5.04. The molecule has 0 atom stereocenters. The Morgan fingerprint density at radius 3 is 3.11 bits per heavy atom. The monoisotopic (exact) mass is 296 g/mol. The van der Waals surface area contributed by atoms with Crippen LogP contribution >= 0.6 is 23.1 Å². The van der Waals surface area contributed by atoms with Gasteiger partial charge in [0, 0.05) is 6.54 Å². The zero-order valence-electron chi connectivity index (χ0n) is 10.9. The Morgan fingerprint density at radius 2 is 2.42 bits per heavy atom. The van der Waals surface area contributed by atoms with Crippen molar-refractivity contribution in [2.75, 3.05) is 18.6 Å². The molecule has 2 aromatic heterocycles. The van der Waals surface area contributed by atoms with Crippen molar-refractivity contribution in [3.63, 3.8) is 0 Å². The van der Waals surface area contributed by atoms with E-state index >= 15 is 0 Å². The smallest absolute Gasteiger partial charge is 0.257 e. The molecule has 0 saturated carbocycles. The number of thiophene rings is 1. The molecule has 0 unspecified atom stereocenters. The number of nitrogens with one attached hydrogen (secondary N) is 1. The van der Waals surface area contributed by atoms with Gasteiger partial charge in [0.25, 0.3) is 5.91 Å². The molecule has 0 aliphatic rings.